The van der Waals surface area contributed by atoms with Crippen LogP contribution in [0.2, 0.25) is 0 Å². The molecule has 1 aliphatic carbocycles. The summed E-state index contributed by atoms with van der Waals surface area (Å²) in [6.45, 7) is 8.57. The molecule has 1 saturated carbocycles. The zero-order chi connectivity index (χ0) is 15.1. The Morgan fingerprint density at radius 3 is 2.67 bits per heavy atom. The van der Waals surface area contributed by atoms with E-state index in [0.29, 0.717) is 5.92 Å². The Kier molecular flexibility index (Phi) is 6.65. The van der Waals surface area contributed by atoms with Gasteiger partial charge in [0.05, 0.1) is 11.4 Å². The molecule has 118 valence electrons. The van der Waals surface area contributed by atoms with E-state index >= 15 is 0 Å². The molecular weight excluding hydrogens is 258 g/mol. The molecule has 0 atom stereocenters. The first-order valence-electron chi connectivity index (χ1n) is 8.47. The fourth-order valence-corrected chi connectivity index (χ4v) is 3.18. The molecule has 1 fully saturated rings. The first-order valence-corrected chi connectivity index (χ1v) is 8.47. The van der Waals surface area contributed by atoms with Gasteiger partial charge in [-0.3, -0.25) is 4.98 Å². The number of aromatic nitrogens is 1. The second-order valence-electron chi connectivity index (χ2n) is 6.99. The van der Waals surface area contributed by atoms with Crippen molar-refractivity contribution in [3.05, 3.63) is 29.6 Å². The molecule has 1 heterocycles. The highest BCUT2D eigenvalue weighted by molar-refractivity contribution is 5.11. The fraction of sp³-hybridized carbons (Fsp3) is 0.722. The van der Waals surface area contributed by atoms with Crippen LogP contribution in [-0.2, 0) is 13.1 Å². The normalized spacial score (nSPS) is 16.2. The number of nitrogens with one attached hydrogen (secondary N) is 1. The summed E-state index contributed by atoms with van der Waals surface area (Å²) in [7, 11) is 2.23. The second kappa shape index (κ2) is 8.50. The standard InChI is InChI=1S/C18H31N3/c1-15(2)11-19-12-17-9-6-10-18(20-17)14-21(3)13-16-7-4-5-8-16/h6,9-10,15-16,19H,4-5,7-8,11-14H2,1-3H3. The molecule has 1 aromatic rings. The van der Waals surface area contributed by atoms with Gasteiger partial charge in [-0.15, -0.1) is 0 Å². The molecule has 1 aromatic heterocycles. The third-order valence-corrected chi connectivity index (χ3v) is 4.20. The van der Waals surface area contributed by atoms with Crippen LogP contribution in [0.1, 0.15) is 50.9 Å². The van der Waals surface area contributed by atoms with Gasteiger partial charge in [-0.05, 0) is 50.4 Å². The highest BCUT2D eigenvalue weighted by Crippen LogP contribution is 2.25. The SMILES string of the molecule is CC(C)CNCc1cccc(CN(C)CC2CCCC2)n1. The van der Waals surface area contributed by atoms with Crippen molar-refractivity contribution in [3.8, 4) is 0 Å². The minimum Gasteiger partial charge on any atom is -0.311 e. The number of hydrogen-bond donors (Lipinski definition) is 1. The number of pyridine rings is 1. The van der Waals surface area contributed by atoms with Gasteiger partial charge in [0.2, 0.25) is 0 Å². The van der Waals surface area contributed by atoms with Crippen LogP contribution in [0.15, 0.2) is 18.2 Å². The van der Waals surface area contributed by atoms with E-state index in [2.05, 4.69) is 49.3 Å². The summed E-state index contributed by atoms with van der Waals surface area (Å²) in [5.74, 6) is 1.59. The van der Waals surface area contributed by atoms with Gasteiger partial charge in [0.25, 0.3) is 0 Å². The van der Waals surface area contributed by atoms with E-state index < -0.39 is 0 Å². The second-order valence-corrected chi connectivity index (χ2v) is 6.99. The van der Waals surface area contributed by atoms with Crippen LogP contribution < -0.4 is 5.32 Å². The van der Waals surface area contributed by atoms with Gasteiger partial charge in [0, 0.05) is 19.6 Å². The van der Waals surface area contributed by atoms with Crippen LogP contribution >= 0.6 is 0 Å². The molecule has 0 aromatic carbocycles. The molecule has 1 aliphatic rings. The van der Waals surface area contributed by atoms with Crippen molar-refractivity contribution >= 4 is 0 Å². The van der Waals surface area contributed by atoms with Gasteiger partial charge in [-0.1, -0.05) is 32.8 Å². The summed E-state index contributed by atoms with van der Waals surface area (Å²) in [6, 6.07) is 6.41. The van der Waals surface area contributed by atoms with Crippen molar-refractivity contribution in [1.29, 1.82) is 0 Å². The topological polar surface area (TPSA) is 28.2 Å². The molecule has 0 saturated heterocycles. The zero-order valence-electron chi connectivity index (χ0n) is 13.9. The van der Waals surface area contributed by atoms with E-state index in [4.69, 9.17) is 4.98 Å². The molecular formula is C18H31N3. The lowest BCUT2D eigenvalue weighted by Crippen LogP contribution is -2.25. The highest BCUT2D eigenvalue weighted by atomic mass is 15.1. The average molecular weight is 289 g/mol. The van der Waals surface area contributed by atoms with Gasteiger partial charge < -0.3 is 10.2 Å². The first kappa shape index (κ1) is 16.4. The number of nitrogens with zero attached hydrogens (tertiary/aromatic N) is 2. The Labute approximate surface area is 130 Å². The summed E-state index contributed by atoms with van der Waals surface area (Å²) >= 11 is 0. The molecule has 2 rings (SSSR count). The van der Waals surface area contributed by atoms with E-state index in [0.717, 1.165) is 31.2 Å². The smallest absolute Gasteiger partial charge is 0.0547 e. The van der Waals surface area contributed by atoms with Gasteiger partial charge in [-0.2, -0.15) is 0 Å². The lowest BCUT2D eigenvalue weighted by Gasteiger charge is -2.20. The van der Waals surface area contributed by atoms with Crippen LogP contribution in [0.4, 0.5) is 0 Å². The van der Waals surface area contributed by atoms with Gasteiger partial charge >= 0.3 is 0 Å². The molecule has 0 amide bonds. The maximum atomic E-state index is 4.78. The first-order chi connectivity index (χ1) is 10.1. The molecule has 21 heavy (non-hydrogen) atoms. The van der Waals surface area contributed by atoms with Crippen LogP contribution in [0.25, 0.3) is 0 Å². The number of hydrogen-bond acceptors (Lipinski definition) is 3. The zero-order valence-corrected chi connectivity index (χ0v) is 13.9. The molecule has 1 N–H and O–H groups in total. The highest BCUT2D eigenvalue weighted by Gasteiger charge is 2.16. The average Bonchev–Trinajstić information content (AvgIpc) is 2.91. The predicted octanol–water partition coefficient (Wildman–Crippen LogP) is 3.45. The van der Waals surface area contributed by atoms with Crippen molar-refractivity contribution in [2.24, 2.45) is 11.8 Å². The predicted molar refractivity (Wildman–Crippen MR) is 89.1 cm³/mol. The van der Waals surface area contributed by atoms with Crippen LogP contribution in [0.5, 0.6) is 0 Å². The lowest BCUT2D eigenvalue weighted by molar-refractivity contribution is 0.268. The molecule has 0 spiro atoms. The monoisotopic (exact) mass is 289 g/mol. The van der Waals surface area contributed by atoms with Crippen molar-refractivity contribution in [3.63, 3.8) is 0 Å². The summed E-state index contributed by atoms with van der Waals surface area (Å²) in [5.41, 5.74) is 2.35. The quantitative estimate of drug-likeness (QED) is 0.794. The minimum atomic E-state index is 0.686. The Bertz CT molecular complexity index is 411. The molecule has 0 radical (unpaired) electrons. The molecule has 0 bridgehead atoms. The third kappa shape index (κ3) is 6.15. The largest absolute Gasteiger partial charge is 0.311 e. The van der Waals surface area contributed by atoms with E-state index in [1.807, 2.05) is 0 Å². The van der Waals surface area contributed by atoms with E-state index in [-0.39, 0.29) is 0 Å². The fourth-order valence-electron chi connectivity index (χ4n) is 3.18. The van der Waals surface area contributed by atoms with Gasteiger partial charge in [-0.25, -0.2) is 0 Å². The van der Waals surface area contributed by atoms with Crippen LogP contribution in [0, 0.1) is 11.8 Å². The molecule has 0 aliphatic heterocycles. The van der Waals surface area contributed by atoms with Crippen LogP contribution in [0.3, 0.4) is 0 Å². The minimum absolute atomic E-state index is 0.686. The van der Waals surface area contributed by atoms with E-state index in [9.17, 15) is 0 Å². The van der Waals surface area contributed by atoms with Crippen molar-refractivity contribution in [2.75, 3.05) is 20.1 Å². The third-order valence-electron chi connectivity index (χ3n) is 4.20. The molecule has 0 unspecified atom stereocenters. The molecule has 3 nitrogen and oxygen atoms in total. The maximum Gasteiger partial charge on any atom is 0.0547 e. The Balaban J connectivity index is 1.79. The summed E-state index contributed by atoms with van der Waals surface area (Å²) in [5, 5.41) is 3.46. The van der Waals surface area contributed by atoms with Crippen molar-refractivity contribution < 1.29 is 0 Å². The Morgan fingerprint density at radius 2 is 1.95 bits per heavy atom. The maximum absolute atomic E-state index is 4.78. The van der Waals surface area contributed by atoms with Crippen LogP contribution in [-0.4, -0.2) is 30.0 Å². The lowest BCUT2D eigenvalue weighted by atomic mass is 10.1. The van der Waals surface area contributed by atoms with E-state index in [1.165, 1.54) is 37.9 Å². The Morgan fingerprint density at radius 1 is 1.24 bits per heavy atom. The molecule has 3 heteroatoms. The van der Waals surface area contributed by atoms with E-state index in [1.54, 1.807) is 0 Å². The van der Waals surface area contributed by atoms with Gasteiger partial charge in [0.1, 0.15) is 0 Å². The summed E-state index contributed by atoms with van der Waals surface area (Å²) in [4.78, 5) is 7.21. The van der Waals surface area contributed by atoms with Crippen molar-refractivity contribution in [1.82, 2.24) is 15.2 Å². The Hall–Kier alpha value is -0.930. The summed E-state index contributed by atoms with van der Waals surface area (Å²) in [6.07, 6.45) is 5.68. The van der Waals surface area contributed by atoms with Crippen molar-refractivity contribution in [2.45, 2.75) is 52.6 Å². The summed E-state index contributed by atoms with van der Waals surface area (Å²) < 4.78 is 0. The van der Waals surface area contributed by atoms with Gasteiger partial charge in [0.15, 0.2) is 0 Å². The number of rotatable bonds is 8.